The highest BCUT2D eigenvalue weighted by atomic mass is 19.4. The predicted molar refractivity (Wildman–Crippen MR) is 149 cm³/mol. The van der Waals surface area contributed by atoms with Crippen molar-refractivity contribution in [2.24, 2.45) is 0 Å². The van der Waals surface area contributed by atoms with E-state index < -0.39 is 78.1 Å². The molecule has 0 saturated heterocycles. The SMILES string of the molecule is CC(C)OC(C)C.CC[C@@H]1C[C@H](NC(=O)OCCc2cc(C(F)(F)F)cc(C(F)(F)F)c2)c2cc(C(F)(F)F)ccc2N1C(=O)O. The zero-order valence-corrected chi connectivity index (χ0v) is 25.5. The van der Waals surface area contributed by atoms with E-state index in [0.717, 1.165) is 11.0 Å². The number of nitrogens with zero attached hydrogens (tertiary/aromatic N) is 1. The van der Waals surface area contributed by atoms with Gasteiger partial charge in [-0.1, -0.05) is 6.92 Å². The molecular weight excluding hydrogens is 639 g/mol. The zero-order valence-electron chi connectivity index (χ0n) is 25.5. The molecule has 3 rings (SSSR count). The van der Waals surface area contributed by atoms with Crippen molar-refractivity contribution < 1.29 is 63.7 Å². The molecule has 0 saturated carbocycles. The van der Waals surface area contributed by atoms with Crippen LogP contribution < -0.4 is 10.2 Å². The number of carbonyl (C=O) groups excluding carboxylic acids is 1. The van der Waals surface area contributed by atoms with Crippen molar-refractivity contribution in [3.05, 3.63) is 64.2 Å². The van der Waals surface area contributed by atoms with Crippen LogP contribution in [0.4, 0.5) is 54.8 Å². The number of rotatable bonds is 7. The van der Waals surface area contributed by atoms with Gasteiger partial charge in [0, 0.05) is 12.5 Å². The molecule has 0 spiro atoms. The van der Waals surface area contributed by atoms with Gasteiger partial charge in [0.25, 0.3) is 0 Å². The Bertz CT molecular complexity index is 1300. The molecule has 0 radical (unpaired) electrons. The molecule has 0 aromatic heterocycles. The van der Waals surface area contributed by atoms with Crippen molar-refractivity contribution in [3.8, 4) is 0 Å². The average molecular weight is 675 g/mol. The molecule has 0 aliphatic carbocycles. The summed E-state index contributed by atoms with van der Waals surface area (Å²) in [5.41, 5.74) is -4.81. The summed E-state index contributed by atoms with van der Waals surface area (Å²) < 4.78 is 128. The number of halogens is 9. The summed E-state index contributed by atoms with van der Waals surface area (Å²) in [7, 11) is 0. The Labute approximate surface area is 259 Å². The number of alkyl carbamates (subject to hydrolysis) is 1. The van der Waals surface area contributed by atoms with Gasteiger partial charge in [-0.15, -0.1) is 0 Å². The Kier molecular flexibility index (Phi) is 12.8. The molecule has 1 heterocycles. The van der Waals surface area contributed by atoms with Gasteiger partial charge < -0.3 is 19.9 Å². The highest BCUT2D eigenvalue weighted by molar-refractivity contribution is 5.89. The molecule has 2 aromatic carbocycles. The third-order valence-electron chi connectivity index (χ3n) is 6.65. The van der Waals surface area contributed by atoms with E-state index in [9.17, 15) is 54.2 Å². The lowest BCUT2D eigenvalue weighted by atomic mass is 9.89. The van der Waals surface area contributed by atoms with Crippen LogP contribution in [0, 0.1) is 0 Å². The summed E-state index contributed by atoms with van der Waals surface area (Å²) in [6.45, 7) is 9.15. The third kappa shape index (κ3) is 11.0. The van der Waals surface area contributed by atoms with Gasteiger partial charge >= 0.3 is 30.7 Å². The number of carbonyl (C=O) groups is 2. The molecule has 0 fully saturated rings. The lowest BCUT2D eigenvalue weighted by Gasteiger charge is -2.39. The van der Waals surface area contributed by atoms with Crippen molar-refractivity contribution in [2.45, 2.75) is 96.7 Å². The summed E-state index contributed by atoms with van der Waals surface area (Å²) in [5.74, 6) is 0. The minimum Gasteiger partial charge on any atom is -0.465 e. The fraction of sp³-hybridized carbons (Fsp3) is 0.533. The average Bonchev–Trinajstić information content (AvgIpc) is 2.90. The molecule has 2 aromatic rings. The molecular formula is C30H35F9N2O5. The monoisotopic (exact) mass is 674 g/mol. The molecule has 1 aliphatic heterocycles. The smallest absolute Gasteiger partial charge is 0.416 e. The second-order valence-electron chi connectivity index (χ2n) is 11.0. The number of hydrogen-bond donors (Lipinski definition) is 2. The minimum absolute atomic E-state index is 0.0443. The van der Waals surface area contributed by atoms with Crippen LogP contribution in [-0.2, 0) is 34.4 Å². The number of fused-ring (bicyclic) bond motifs is 1. The standard InChI is InChI=1S/C24H21F9N2O4.C6H14O/c1-2-16-11-18(17-10-13(22(25,26)27)3-4-19(17)35(16)21(37)38)34-20(36)39-6-5-12-7-14(23(28,29)30)9-15(8-12)24(31,32)33;1-5(2)7-6(3)4/h3-4,7-10,16,18H,2,5-6,11H2,1H3,(H,34,36)(H,37,38);5-6H,1-4H3/t16-,18+;/m1./s1. The number of ether oxygens (including phenoxy) is 2. The number of alkyl halides is 9. The van der Waals surface area contributed by atoms with E-state index in [1.165, 1.54) is 0 Å². The largest absolute Gasteiger partial charge is 0.465 e. The van der Waals surface area contributed by atoms with Crippen molar-refractivity contribution in [1.82, 2.24) is 5.32 Å². The van der Waals surface area contributed by atoms with Gasteiger partial charge in [-0.3, -0.25) is 4.90 Å². The minimum atomic E-state index is -5.06. The fourth-order valence-corrected chi connectivity index (χ4v) is 4.83. The number of anilines is 1. The maximum atomic E-state index is 13.3. The van der Waals surface area contributed by atoms with Crippen LogP contribution in [0.5, 0.6) is 0 Å². The van der Waals surface area contributed by atoms with Crippen molar-refractivity contribution >= 4 is 17.9 Å². The van der Waals surface area contributed by atoms with E-state index in [2.05, 4.69) is 5.32 Å². The number of amides is 2. The quantitative estimate of drug-likeness (QED) is 0.286. The number of carboxylic acid groups (broad SMARTS) is 1. The molecule has 258 valence electrons. The van der Waals surface area contributed by atoms with E-state index >= 15 is 0 Å². The maximum absolute atomic E-state index is 13.3. The Hall–Kier alpha value is -3.69. The Balaban J connectivity index is 0.000000942. The fourth-order valence-electron chi connectivity index (χ4n) is 4.83. The molecule has 16 heteroatoms. The highest BCUT2D eigenvalue weighted by Crippen LogP contribution is 2.42. The molecule has 2 atom stereocenters. The highest BCUT2D eigenvalue weighted by Gasteiger charge is 2.40. The van der Waals surface area contributed by atoms with E-state index in [4.69, 9.17) is 9.47 Å². The van der Waals surface area contributed by atoms with Crippen LogP contribution in [0.15, 0.2) is 36.4 Å². The van der Waals surface area contributed by atoms with E-state index in [-0.39, 0.29) is 30.2 Å². The molecule has 2 N–H and O–H groups in total. The molecule has 0 bridgehead atoms. The summed E-state index contributed by atoms with van der Waals surface area (Å²) in [6.07, 6.45) is -17.1. The van der Waals surface area contributed by atoms with Crippen LogP contribution >= 0.6 is 0 Å². The summed E-state index contributed by atoms with van der Waals surface area (Å²) in [5, 5.41) is 11.9. The number of hydrogen-bond acceptors (Lipinski definition) is 4. The summed E-state index contributed by atoms with van der Waals surface area (Å²) in [6, 6.07) is 1.45. The third-order valence-corrected chi connectivity index (χ3v) is 6.65. The van der Waals surface area contributed by atoms with Gasteiger partial charge in [0.1, 0.15) is 0 Å². The lowest BCUT2D eigenvalue weighted by Crippen LogP contribution is -2.47. The second kappa shape index (κ2) is 15.3. The van der Waals surface area contributed by atoms with Crippen LogP contribution in [0.3, 0.4) is 0 Å². The van der Waals surface area contributed by atoms with E-state index in [1.807, 2.05) is 27.7 Å². The second-order valence-corrected chi connectivity index (χ2v) is 11.0. The van der Waals surface area contributed by atoms with Gasteiger partial charge in [-0.25, -0.2) is 9.59 Å². The Morgan fingerprint density at radius 2 is 1.39 bits per heavy atom. The molecule has 7 nitrogen and oxygen atoms in total. The maximum Gasteiger partial charge on any atom is 0.416 e. The van der Waals surface area contributed by atoms with Crippen LogP contribution in [-0.4, -0.2) is 42.1 Å². The number of benzene rings is 2. The van der Waals surface area contributed by atoms with Crippen molar-refractivity contribution in [1.29, 1.82) is 0 Å². The molecule has 46 heavy (non-hydrogen) atoms. The Morgan fingerprint density at radius 3 is 1.80 bits per heavy atom. The normalized spacial score (nSPS) is 16.9. The van der Waals surface area contributed by atoms with Crippen LogP contribution in [0.25, 0.3) is 0 Å². The van der Waals surface area contributed by atoms with Crippen molar-refractivity contribution in [2.75, 3.05) is 11.5 Å². The van der Waals surface area contributed by atoms with Gasteiger partial charge in [0.05, 0.1) is 47.2 Å². The predicted octanol–water partition coefficient (Wildman–Crippen LogP) is 9.24. The van der Waals surface area contributed by atoms with E-state index in [1.54, 1.807) is 6.92 Å². The van der Waals surface area contributed by atoms with Gasteiger partial charge in [0.15, 0.2) is 0 Å². The molecule has 1 aliphatic rings. The number of nitrogens with one attached hydrogen (secondary N) is 1. The van der Waals surface area contributed by atoms with Gasteiger partial charge in [-0.2, -0.15) is 39.5 Å². The van der Waals surface area contributed by atoms with Crippen molar-refractivity contribution in [3.63, 3.8) is 0 Å². The molecule has 2 amide bonds. The summed E-state index contributed by atoms with van der Waals surface area (Å²) >= 11 is 0. The van der Waals surface area contributed by atoms with E-state index in [0.29, 0.717) is 36.5 Å². The first-order chi connectivity index (χ1) is 21.0. The topological polar surface area (TPSA) is 88.1 Å². The summed E-state index contributed by atoms with van der Waals surface area (Å²) in [4.78, 5) is 25.1. The first kappa shape index (κ1) is 38.5. The van der Waals surface area contributed by atoms with Gasteiger partial charge in [0.2, 0.25) is 0 Å². The zero-order chi connectivity index (χ0) is 35.2. The molecule has 0 unspecified atom stereocenters. The first-order valence-corrected chi connectivity index (χ1v) is 14.1. The van der Waals surface area contributed by atoms with Gasteiger partial charge in [-0.05, 0) is 88.1 Å². The lowest BCUT2D eigenvalue weighted by molar-refractivity contribution is -0.143. The first-order valence-electron chi connectivity index (χ1n) is 14.1. The Morgan fingerprint density at radius 1 is 0.870 bits per heavy atom. The van der Waals surface area contributed by atoms with Crippen LogP contribution in [0.2, 0.25) is 0 Å². The van der Waals surface area contributed by atoms with Crippen LogP contribution in [0.1, 0.15) is 81.3 Å².